The van der Waals surface area contributed by atoms with E-state index in [-0.39, 0.29) is 0 Å². The number of nitrogens with one attached hydrogen (secondary N) is 1. The number of ether oxygens (including phenoxy) is 1. The average Bonchev–Trinajstić information content (AvgIpc) is 2.98. The number of thiophene rings is 1. The van der Waals surface area contributed by atoms with Gasteiger partial charge in [-0.05, 0) is 42.5 Å². The number of benzene rings is 1. The summed E-state index contributed by atoms with van der Waals surface area (Å²) in [6.45, 7) is 5.89. The van der Waals surface area contributed by atoms with Gasteiger partial charge in [0.2, 0.25) is 0 Å². The average molecular weight is 275 g/mol. The van der Waals surface area contributed by atoms with Gasteiger partial charge < -0.3 is 10.1 Å². The van der Waals surface area contributed by atoms with Gasteiger partial charge in [-0.3, -0.25) is 0 Å². The molecule has 2 rings (SSSR count). The first-order valence-corrected chi connectivity index (χ1v) is 7.66. The Morgan fingerprint density at radius 2 is 2.00 bits per heavy atom. The second-order valence-corrected chi connectivity index (χ2v) is 5.52. The smallest absolute Gasteiger partial charge is 0.119 e. The van der Waals surface area contributed by atoms with Crippen LogP contribution in [0.5, 0.6) is 5.75 Å². The molecule has 1 N–H and O–H groups in total. The van der Waals surface area contributed by atoms with Crippen LogP contribution in [0.15, 0.2) is 41.8 Å². The fraction of sp³-hybridized carbons (Fsp3) is 0.375. The lowest BCUT2D eigenvalue weighted by Gasteiger charge is -2.12. The molecule has 0 fully saturated rings. The molecule has 0 aliphatic heterocycles. The van der Waals surface area contributed by atoms with Crippen LogP contribution >= 0.6 is 11.3 Å². The van der Waals surface area contributed by atoms with Crippen molar-refractivity contribution >= 4 is 11.3 Å². The lowest BCUT2D eigenvalue weighted by Crippen LogP contribution is -2.23. The molecule has 0 amide bonds. The van der Waals surface area contributed by atoms with Crippen LogP contribution in [-0.2, 0) is 6.42 Å². The zero-order chi connectivity index (χ0) is 13.5. The zero-order valence-electron chi connectivity index (χ0n) is 11.6. The van der Waals surface area contributed by atoms with E-state index in [1.54, 1.807) is 11.3 Å². The van der Waals surface area contributed by atoms with Gasteiger partial charge in [0.1, 0.15) is 12.4 Å². The van der Waals surface area contributed by atoms with E-state index in [0.29, 0.717) is 12.6 Å². The molecule has 0 aliphatic rings. The minimum Gasteiger partial charge on any atom is -0.492 e. The molecular weight excluding hydrogens is 254 g/mol. The second kappa shape index (κ2) is 7.31. The van der Waals surface area contributed by atoms with Crippen LogP contribution in [0, 0.1) is 0 Å². The molecular formula is C16H21NOS. The maximum absolute atomic E-state index is 5.71. The molecule has 0 saturated heterocycles. The van der Waals surface area contributed by atoms with Crippen molar-refractivity contribution in [3.63, 3.8) is 0 Å². The first-order valence-electron chi connectivity index (χ1n) is 6.78. The van der Waals surface area contributed by atoms with Crippen molar-refractivity contribution in [3.05, 3.63) is 52.2 Å². The van der Waals surface area contributed by atoms with E-state index >= 15 is 0 Å². The Hall–Kier alpha value is -1.32. The summed E-state index contributed by atoms with van der Waals surface area (Å²) < 4.78 is 5.71. The highest BCUT2D eigenvalue weighted by Crippen LogP contribution is 2.17. The van der Waals surface area contributed by atoms with E-state index in [0.717, 1.165) is 18.7 Å². The van der Waals surface area contributed by atoms with Crippen LogP contribution in [0.2, 0.25) is 0 Å². The molecule has 102 valence electrons. The predicted octanol–water partition coefficient (Wildman–Crippen LogP) is 4.04. The van der Waals surface area contributed by atoms with Crippen LogP contribution in [0.25, 0.3) is 0 Å². The molecule has 19 heavy (non-hydrogen) atoms. The molecule has 1 aromatic heterocycles. The fourth-order valence-electron chi connectivity index (χ4n) is 1.90. The van der Waals surface area contributed by atoms with Crippen molar-refractivity contribution in [3.8, 4) is 5.75 Å². The summed E-state index contributed by atoms with van der Waals surface area (Å²) in [6, 6.07) is 13.0. The van der Waals surface area contributed by atoms with Gasteiger partial charge in [0.05, 0.1) is 0 Å². The van der Waals surface area contributed by atoms with Gasteiger partial charge in [0.25, 0.3) is 0 Å². The van der Waals surface area contributed by atoms with Gasteiger partial charge in [0.15, 0.2) is 0 Å². The van der Waals surface area contributed by atoms with Crippen molar-refractivity contribution in [2.75, 3.05) is 13.2 Å². The van der Waals surface area contributed by atoms with Crippen molar-refractivity contribution in [1.82, 2.24) is 5.32 Å². The quantitative estimate of drug-likeness (QED) is 0.770. The number of hydrogen-bond donors (Lipinski definition) is 1. The Morgan fingerprint density at radius 1 is 1.21 bits per heavy atom. The van der Waals surface area contributed by atoms with Crippen LogP contribution < -0.4 is 10.1 Å². The van der Waals surface area contributed by atoms with E-state index in [1.807, 2.05) is 12.1 Å². The lowest BCUT2D eigenvalue weighted by atomic mass is 10.2. The molecule has 1 aromatic carbocycles. The van der Waals surface area contributed by atoms with Crippen molar-refractivity contribution < 1.29 is 4.74 Å². The minimum atomic E-state index is 0.395. The molecule has 0 bridgehead atoms. The molecule has 0 spiro atoms. The summed E-state index contributed by atoms with van der Waals surface area (Å²) in [7, 11) is 0. The van der Waals surface area contributed by atoms with E-state index in [9.17, 15) is 0 Å². The molecule has 2 aromatic rings. The second-order valence-electron chi connectivity index (χ2n) is 4.54. The highest BCUT2D eigenvalue weighted by molar-refractivity contribution is 7.10. The van der Waals surface area contributed by atoms with E-state index < -0.39 is 0 Å². The minimum absolute atomic E-state index is 0.395. The van der Waals surface area contributed by atoms with Crippen LogP contribution in [0.1, 0.15) is 30.3 Å². The number of hydrogen-bond acceptors (Lipinski definition) is 3. The Labute approximate surface area is 119 Å². The largest absolute Gasteiger partial charge is 0.492 e. The normalized spacial score (nSPS) is 12.3. The van der Waals surface area contributed by atoms with Gasteiger partial charge in [-0.25, -0.2) is 0 Å². The molecule has 0 saturated carbocycles. The Balaban J connectivity index is 1.68. The lowest BCUT2D eigenvalue weighted by molar-refractivity contribution is 0.308. The standard InChI is InChI=1S/C16H21NOS/c1-3-14-6-8-15(9-7-14)18-11-10-17-13(2)16-5-4-12-19-16/h4-9,12-13,17H,3,10-11H2,1-2H3. The highest BCUT2D eigenvalue weighted by atomic mass is 32.1. The van der Waals surface area contributed by atoms with Crippen LogP contribution in [-0.4, -0.2) is 13.2 Å². The summed E-state index contributed by atoms with van der Waals surface area (Å²) in [5.41, 5.74) is 1.34. The van der Waals surface area contributed by atoms with Crippen molar-refractivity contribution in [2.45, 2.75) is 26.3 Å². The Bertz CT molecular complexity index is 464. The van der Waals surface area contributed by atoms with E-state index in [4.69, 9.17) is 4.74 Å². The molecule has 2 nitrogen and oxygen atoms in total. The number of aryl methyl sites for hydroxylation is 1. The summed E-state index contributed by atoms with van der Waals surface area (Å²) in [5, 5.41) is 5.57. The van der Waals surface area contributed by atoms with Gasteiger partial charge >= 0.3 is 0 Å². The first-order chi connectivity index (χ1) is 9.29. The third kappa shape index (κ3) is 4.37. The highest BCUT2D eigenvalue weighted by Gasteiger charge is 2.04. The monoisotopic (exact) mass is 275 g/mol. The molecule has 1 atom stereocenters. The van der Waals surface area contributed by atoms with Gasteiger partial charge in [0, 0.05) is 17.5 Å². The van der Waals surface area contributed by atoms with E-state index in [2.05, 4.69) is 48.8 Å². The van der Waals surface area contributed by atoms with Crippen molar-refractivity contribution in [2.24, 2.45) is 0 Å². The Kier molecular flexibility index (Phi) is 5.43. The van der Waals surface area contributed by atoms with E-state index in [1.165, 1.54) is 10.4 Å². The fourth-order valence-corrected chi connectivity index (χ4v) is 2.66. The van der Waals surface area contributed by atoms with Gasteiger partial charge in [-0.1, -0.05) is 25.1 Å². The summed E-state index contributed by atoms with van der Waals surface area (Å²) in [6.07, 6.45) is 1.07. The SMILES string of the molecule is CCc1ccc(OCCNC(C)c2cccs2)cc1. The number of rotatable bonds is 7. The maximum atomic E-state index is 5.71. The summed E-state index contributed by atoms with van der Waals surface area (Å²) >= 11 is 1.79. The molecule has 1 unspecified atom stereocenters. The third-order valence-electron chi connectivity index (χ3n) is 3.12. The van der Waals surface area contributed by atoms with Crippen LogP contribution in [0.4, 0.5) is 0 Å². The molecule has 3 heteroatoms. The third-order valence-corrected chi connectivity index (χ3v) is 4.18. The molecule has 0 radical (unpaired) electrons. The molecule has 1 heterocycles. The van der Waals surface area contributed by atoms with Crippen LogP contribution in [0.3, 0.4) is 0 Å². The first kappa shape index (κ1) is 14.1. The zero-order valence-corrected chi connectivity index (χ0v) is 12.4. The Morgan fingerprint density at radius 3 is 2.63 bits per heavy atom. The summed E-state index contributed by atoms with van der Waals surface area (Å²) in [4.78, 5) is 1.37. The topological polar surface area (TPSA) is 21.3 Å². The van der Waals surface area contributed by atoms with Gasteiger partial charge in [-0.15, -0.1) is 11.3 Å². The maximum Gasteiger partial charge on any atom is 0.119 e. The predicted molar refractivity (Wildman–Crippen MR) is 82.1 cm³/mol. The molecule has 0 aliphatic carbocycles. The van der Waals surface area contributed by atoms with Crippen molar-refractivity contribution in [1.29, 1.82) is 0 Å². The summed E-state index contributed by atoms with van der Waals surface area (Å²) in [5.74, 6) is 0.947. The van der Waals surface area contributed by atoms with Gasteiger partial charge in [-0.2, -0.15) is 0 Å².